The number of alkyl halides is 9. The van der Waals surface area contributed by atoms with E-state index in [1.165, 1.54) is 116 Å². The van der Waals surface area contributed by atoms with Crippen LogP contribution in [0, 0.1) is 0 Å². The molecule has 0 radical (unpaired) electrons. The van der Waals surface area contributed by atoms with Crippen molar-refractivity contribution in [1.29, 1.82) is 0 Å². The largest absolute Gasteiger partial charge is 0.497 e. The topological polar surface area (TPSA) is 111 Å². The van der Waals surface area contributed by atoms with Crippen molar-refractivity contribution >= 4 is 151 Å². The van der Waals surface area contributed by atoms with Crippen LogP contribution in [0.3, 0.4) is 0 Å². The molecule has 0 aromatic heterocycles. The summed E-state index contributed by atoms with van der Waals surface area (Å²) >= 11 is 0. The molecule has 18 aromatic rings. The van der Waals surface area contributed by atoms with Gasteiger partial charge in [-0.2, -0.15) is 39.5 Å². The molecule has 0 unspecified atom stereocenters. The number of halogens is 9. The maximum atomic E-state index is 12.9. The first-order valence-electron chi connectivity index (χ1n) is 44.7. The average Bonchev–Trinajstić information content (AvgIpc) is 0.740. The molecule has 730 valence electrons. The van der Waals surface area contributed by atoms with Gasteiger partial charge >= 0.3 is 18.5 Å². The highest BCUT2D eigenvalue weighted by Gasteiger charge is 2.39. The van der Waals surface area contributed by atoms with Crippen molar-refractivity contribution in [3.63, 3.8) is 0 Å². The number of fused-ring (bicyclic) bond motifs is 3. The van der Waals surface area contributed by atoms with Gasteiger partial charge in [-0.1, -0.05) is 291 Å². The van der Waals surface area contributed by atoms with Gasteiger partial charge in [0.05, 0.1) is 118 Å². The van der Waals surface area contributed by atoms with Gasteiger partial charge in [0.1, 0.15) is 69.0 Å². The van der Waals surface area contributed by atoms with E-state index in [0.29, 0.717) is 67.7 Å². The zero-order chi connectivity index (χ0) is 101. The third-order valence-electron chi connectivity index (χ3n) is 23.2. The van der Waals surface area contributed by atoms with E-state index < -0.39 is 74.8 Å². The van der Waals surface area contributed by atoms with Crippen LogP contribution in [0.1, 0.15) is 16.7 Å². The molecule has 0 aliphatic carbocycles. The normalized spacial score (nSPS) is 11.3. The van der Waals surface area contributed by atoms with E-state index in [2.05, 4.69) is 255 Å². The van der Waals surface area contributed by atoms with Gasteiger partial charge in [-0.3, -0.25) is 0 Å². The highest BCUT2D eigenvalue weighted by molar-refractivity contribution is 7.82. The summed E-state index contributed by atoms with van der Waals surface area (Å²) in [6, 6.07) is 127. The van der Waals surface area contributed by atoms with Gasteiger partial charge in [-0.25, -0.2) is 0 Å². The summed E-state index contributed by atoms with van der Waals surface area (Å²) in [5.74, 6) is 7.59. The van der Waals surface area contributed by atoms with E-state index in [0.717, 1.165) is 69.6 Å². The lowest BCUT2D eigenvalue weighted by atomic mass is 10.1. The lowest BCUT2D eigenvalue weighted by molar-refractivity contribution is -0.138. The minimum Gasteiger partial charge on any atom is -0.497 e. The summed E-state index contributed by atoms with van der Waals surface area (Å²) < 4.78 is 184. The monoisotopic (exact) mass is 2020 g/mol. The molecule has 0 aliphatic heterocycles. The molecule has 0 heterocycles. The van der Waals surface area contributed by atoms with Gasteiger partial charge < -0.3 is 56.8 Å². The Morgan fingerprint density at radius 1 is 0.161 bits per heavy atom. The van der Waals surface area contributed by atoms with E-state index in [9.17, 15) is 39.5 Å². The van der Waals surface area contributed by atoms with Crippen molar-refractivity contribution < 1.29 is 96.4 Å². The number of hydrogen-bond acceptors (Lipinski definition) is 12. The van der Waals surface area contributed by atoms with Crippen molar-refractivity contribution in [3.05, 3.63) is 417 Å². The first-order chi connectivity index (χ1) is 69.3. The zero-order valence-electron chi connectivity index (χ0n) is 80.1. The minimum absolute atomic E-state index is 0.350. The Bertz CT molecular complexity index is 6430. The van der Waals surface area contributed by atoms with Crippen LogP contribution in [-0.2, 0) is 18.5 Å². The van der Waals surface area contributed by atoms with Crippen LogP contribution in [-0.4, -0.2) is 85.3 Å². The van der Waals surface area contributed by atoms with Crippen molar-refractivity contribution in [2.24, 2.45) is 0 Å². The molecule has 0 bridgehead atoms. The highest BCUT2D eigenvalue weighted by Crippen LogP contribution is 2.53. The van der Waals surface area contributed by atoms with Crippen LogP contribution in [0.5, 0.6) is 69.0 Å². The van der Waals surface area contributed by atoms with E-state index in [1.807, 2.05) is 36.4 Å². The Kier molecular flexibility index (Phi) is 35.9. The van der Waals surface area contributed by atoms with E-state index >= 15 is 0 Å². The predicted molar refractivity (Wildman–Crippen MR) is 572 cm³/mol. The van der Waals surface area contributed by atoms with Crippen molar-refractivity contribution in [3.8, 4) is 69.0 Å². The lowest BCUT2D eigenvalue weighted by Gasteiger charge is -2.29. The molecule has 18 aromatic carbocycles. The second kappa shape index (κ2) is 49.0. The van der Waals surface area contributed by atoms with E-state index in [4.69, 9.17) is 56.8 Å². The molecule has 0 N–H and O–H groups in total. The predicted octanol–water partition coefficient (Wildman–Crippen LogP) is 23.8. The van der Waals surface area contributed by atoms with Crippen LogP contribution in [0.15, 0.2) is 400 Å². The number of ether oxygens (including phenoxy) is 12. The fourth-order valence-electron chi connectivity index (χ4n) is 16.2. The first kappa shape index (κ1) is 105. The van der Waals surface area contributed by atoms with Crippen LogP contribution in [0.2, 0.25) is 0 Å². The molecule has 18 rings (SSSR count). The lowest BCUT2D eigenvalue weighted by Crippen LogP contribution is -2.27. The second-order valence-electron chi connectivity index (χ2n) is 31.5. The molecule has 12 nitrogen and oxygen atoms in total. The van der Waals surface area contributed by atoms with Gasteiger partial charge in [0.15, 0.2) is 0 Å². The summed E-state index contributed by atoms with van der Waals surface area (Å²) in [4.78, 5) is 0. The summed E-state index contributed by atoms with van der Waals surface area (Å²) in [6.45, 7) is 0. The second-order valence-corrected chi connectivity index (χ2v) is 42.3. The number of rotatable bonds is 27. The van der Waals surface area contributed by atoms with Gasteiger partial charge in [0.2, 0.25) is 0 Å². The minimum atomic E-state index is -4.58. The molecule has 0 saturated carbocycles. The molecule has 0 saturated heterocycles. The highest BCUT2D eigenvalue weighted by atomic mass is 31.1. The van der Waals surface area contributed by atoms with E-state index in [-0.39, 0.29) is 0 Å². The Balaban J connectivity index is 0.000000144. The van der Waals surface area contributed by atoms with Gasteiger partial charge in [0, 0.05) is 44.3 Å². The van der Waals surface area contributed by atoms with Crippen LogP contribution < -0.4 is 136 Å². The summed E-state index contributed by atoms with van der Waals surface area (Å²) in [6.07, 6.45) is -13.7. The Morgan fingerprint density at radius 2 is 0.343 bits per heavy atom. The van der Waals surface area contributed by atoms with Crippen molar-refractivity contribution in [2.75, 3.05) is 85.3 Å². The summed E-state index contributed by atoms with van der Waals surface area (Å²) in [5, 5.41) is 23.5. The third-order valence-corrected chi connectivity index (χ3v) is 35.8. The molecule has 0 aliphatic rings. The number of hydrogen-bond donors (Lipinski definition) is 0. The smallest absolute Gasteiger partial charge is 0.416 e. The van der Waals surface area contributed by atoms with E-state index in [1.54, 1.807) is 122 Å². The molecular formula is C117H102F9O12P5. The number of benzene rings is 18. The summed E-state index contributed by atoms with van der Waals surface area (Å²) in [7, 11) is 14.2. The van der Waals surface area contributed by atoms with Crippen molar-refractivity contribution in [2.45, 2.75) is 18.5 Å². The summed E-state index contributed by atoms with van der Waals surface area (Å²) in [5.41, 5.74) is -2.73. The van der Waals surface area contributed by atoms with Crippen LogP contribution in [0.4, 0.5) is 39.5 Å². The van der Waals surface area contributed by atoms with Gasteiger partial charge in [0.25, 0.3) is 0 Å². The molecule has 26 heteroatoms. The molecule has 143 heavy (non-hydrogen) atoms. The molecule has 0 amide bonds. The maximum absolute atomic E-state index is 12.9. The van der Waals surface area contributed by atoms with Crippen LogP contribution >= 0.6 is 39.6 Å². The maximum Gasteiger partial charge on any atom is 0.416 e. The fraction of sp³-hybridized carbons (Fsp3) is 0.128. The Morgan fingerprint density at radius 3 is 0.538 bits per heavy atom. The molecular weight excluding hydrogens is 1920 g/mol. The molecule has 0 fully saturated rings. The zero-order valence-corrected chi connectivity index (χ0v) is 84.6. The average molecular weight is 2030 g/mol. The number of methoxy groups -OCH3 is 12. The molecule has 0 spiro atoms. The SMILES string of the molecule is COc1cc(OC)c(P(c2c(OC)cc(OC)cc2OC)c2c(OC)cc(OC)cc2OC)c(OC)c1.COc1ccc(P(c2ccc(OC)cc2)c2ccc(OC)cc2)cc1.FC(F)(F)c1ccc(P(c2ccc(C(F)(F)F)cc2)c2ccc(C(F)(F)F)cc2)cc1.c1ccc(P(c2ccccc2)c2ccccc2)cc1.c1ccc2c(P(c3cccc4ccccc34)c3cccc4ccccc34)cccc2c1. The van der Waals surface area contributed by atoms with Gasteiger partial charge in [-0.05, 0) is 200 Å². The first-order valence-corrected chi connectivity index (χ1v) is 51.5. The quantitative estimate of drug-likeness (QED) is 0.0361. The molecule has 0 atom stereocenters. The van der Waals surface area contributed by atoms with Gasteiger partial charge in [-0.15, -0.1) is 0 Å². The standard InChI is InChI=1S/C30H21P.C27H33O9P.C21H12F9P.C21H21O3P.C18H15P/c1-4-16-25-22(10-1)13-7-19-28(25)31(29-20-8-14-23-11-2-5-17-26(23)29)30-21-9-15-24-12-3-6-18-27(24)30;1-28-16-10-19(31-4)25(20(11-16)32-5)37(26-21(33-6)12-17(29-2)13-22(26)34-7)27-23(35-8)14-18(30-3)15-24(27)36-9;22-19(23,24)13-1-7-16(8-2-13)31(17-9-3-14(4-10-17)20(25,26)27)18-11-5-15(6-12-18)21(28,29)30;1-22-16-4-10-19(11-5-16)25(20-12-6-17(23-2)7-13-20)21-14-8-18(24-3)9-15-21;1-4-10-16(11-5-1)19(17-12-6-2-7-13-17)18-14-8-3-9-15-18/h1-21H;10-15H,1-9H3;1-12H;4-15H,1-3H3;1-15H. The van der Waals surface area contributed by atoms with Crippen molar-refractivity contribution in [1.82, 2.24) is 0 Å². The Labute approximate surface area is 832 Å². The Hall–Kier alpha value is -14.1. The fourth-order valence-corrected chi connectivity index (χ4v) is 28.7. The third kappa shape index (κ3) is 25.3. The van der Waals surface area contributed by atoms with Crippen LogP contribution in [0.25, 0.3) is 32.3 Å².